The molecule has 4 heteroatoms. The molecule has 17 heavy (non-hydrogen) atoms. The monoisotopic (exact) mass is 255 g/mol. The zero-order chi connectivity index (χ0) is 12.8. The summed E-state index contributed by atoms with van der Waals surface area (Å²) in [5, 5.41) is 2.85. The van der Waals surface area contributed by atoms with Crippen LogP contribution in [-0.2, 0) is 0 Å². The van der Waals surface area contributed by atoms with Gasteiger partial charge in [0, 0.05) is 12.4 Å². The lowest BCUT2D eigenvalue weighted by molar-refractivity contribution is 0.0946. The van der Waals surface area contributed by atoms with Gasteiger partial charge in [-0.25, -0.2) is 0 Å². The number of benzene rings is 1. The molecule has 94 valence electrons. The number of carbonyl (C=O) groups excluding carboxylic acids is 1. The number of alkyl halides is 1. The van der Waals surface area contributed by atoms with Crippen LogP contribution in [0.5, 0.6) is 5.75 Å². The minimum Gasteiger partial charge on any atom is -0.496 e. The number of hydrogen-bond acceptors (Lipinski definition) is 2. The van der Waals surface area contributed by atoms with E-state index in [2.05, 4.69) is 5.32 Å². The molecule has 0 aliphatic rings. The molecule has 1 atom stereocenters. The van der Waals surface area contributed by atoms with Crippen molar-refractivity contribution < 1.29 is 9.53 Å². The number of carbonyl (C=O) groups is 1. The molecule has 0 saturated carbocycles. The Kier molecular flexibility index (Phi) is 5.29. The molecular weight excluding hydrogens is 238 g/mol. The average Bonchev–Trinajstić information content (AvgIpc) is 2.35. The molecule has 0 saturated heterocycles. The average molecular weight is 256 g/mol. The van der Waals surface area contributed by atoms with Crippen LogP contribution in [0.25, 0.3) is 0 Å². The third-order valence-corrected chi connectivity index (χ3v) is 3.00. The summed E-state index contributed by atoms with van der Waals surface area (Å²) in [6.07, 6.45) is 0. The lowest BCUT2D eigenvalue weighted by Gasteiger charge is -2.12. The molecule has 0 aliphatic heterocycles. The number of aryl methyl sites for hydroxylation is 1. The number of nitrogens with one attached hydrogen (secondary N) is 1. The summed E-state index contributed by atoms with van der Waals surface area (Å²) < 4.78 is 5.17. The first-order valence-corrected chi connectivity index (χ1v) is 6.10. The van der Waals surface area contributed by atoms with Crippen molar-refractivity contribution in [3.63, 3.8) is 0 Å². The number of ether oxygens (including phenoxy) is 1. The van der Waals surface area contributed by atoms with Crippen molar-refractivity contribution in [1.29, 1.82) is 0 Å². The van der Waals surface area contributed by atoms with E-state index in [0.29, 0.717) is 23.7 Å². The van der Waals surface area contributed by atoms with Gasteiger partial charge in [-0.3, -0.25) is 4.79 Å². The molecule has 0 aromatic heterocycles. The highest BCUT2D eigenvalue weighted by Crippen LogP contribution is 2.19. The molecule has 1 aromatic carbocycles. The van der Waals surface area contributed by atoms with Gasteiger partial charge in [0.15, 0.2) is 0 Å². The molecule has 3 nitrogen and oxygen atoms in total. The molecule has 0 bridgehead atoms. The van der Waals surface area contributed by atoms with E-state index in [1.165, 1.54) is 0 Å². The summed E-state index contributed by atoms with van der Waals surface area (Å²) in [6, 6.07) is 5.53. The first-order valence-electron chi connectivity index (χ1n) is 5.57. The number of halogens is 1. The van der Waals surface area contributed by atoms with E-state index < -0.39 is 0 Å². The van der Waals surface area contributed by atoms with Crippen molar-refractivity contribution in [2.45, 2.75) is 13.8 Å². The molecule has 1 rings (SSSR count). The molecule has 0 spiro atoms. The molecule has 0 heterocycles. The van der Waals surface area contributed by atoms with Crippen molar-refractivity contribution in [3.8, 4) is 5.75 Å². The van der Waals surface area contributed by atoms with Crippen molar-refractivity contribution in [2.75, 3.05) is 19.5 Å². The summed E-state index contributed by atoms with van der Waals surface area (Å²) in [5.41, 5.74) is 1.59. The first kappa shape index (κ1) is 13.8. The standard InChI is InChI=1S/C13H18ClNO2/c1-9-4-5-12(17-3)11(6-9)13(16)15-8-10(2)7-14/h4-6,10H,7-8H2,1-3H3,(H,15,16). The molecular formula is C13H18ClNO2. The van der Waals surface area contributed by atoms with Crippen LogP contribution in [0, 0.1) is 12.8 Å². The number of amides is 1. The van der Waals surface area contributed by atoms with Crippen LogP contribution in [0.2, 0.25) is 0 Å². The maximum atomic E-state index is 12.0. The Labute approximate surface area is 107 Å². The van der Waals surface area contributed by atoms with Crippen LogP contribution in [0.15, 0.2) is 18.2 Å². The van der Waals surface area contributed by atoms with E-state index in [0.717, 1.165) is 5.56 Å². The fraction of sp³-hybridized carbons (Fsp3) is 0.462. The van der Waals surface area contributed by atoms with Crippen molar-refractivity contribution >= 4 is 17.5 Å². The van der Waals surface area contributed by atoms with E-state index in [9.17, 15) is 4.79 Å². The predicted octanol–water partition coefficient (Wildman–Crippen LogP) is 2.61. The summed E-state index contributed by atoms with van der Waals surface area (Å²) in [7, 11) is 1.56. The minimum absolute atomic E-state index is 0.123. The third kappa shape index (κ3) is 3.93. The SMILES string of the molecule is COc1ccc(C)cc1C(=O)NCC(C)CCl. The third-order valence-electron chi connectivity index (χ3n) is 2.47. The Morgan fingerprint density at radius 2 is 2.24 bits per heavy atom. The van der Waals surface area contributed by atoms with Gasteiger partial charge >= 0.3 is 0 Å². The Morgan fingerprint density at radius 1 is 1.53 bits per heavy atom. The van der Waals surface area contributed by atoms with Gasteiger partial charge in [0.25, 0.3) is 5.91 Å². The fourth-order valence-corrected chi connectivity index (χ4v) is 1.53. The topological polar surface area (TPSA) is 38.3 Å². The minimum atomic E-state index is -0.123. The van der Waals surface area contributed by atoms with Crippen molar-refractivity contribution in [3.05, 3.63) is 29.3 Å². The number of rotatable bonds is 5. The highest BCUT2D eigenvalue weighted by Gasteiger charge is 2.12. The van der Waals surface area contributed by atoms with Gasteiger partial charge in [-0.1, -0.05) is 18.6 Å². The predicted molar refractivity (Wildman–Crippen MR) is 69.9 cm³/mol. The molecule has 1 aromatic rings. The van der Waals surface area contributed by atoms with Crippen LogP contribution < -0.4 is 10.1 Å². The number of hydrogen-bond donors (Lipinski definition) is 1. The second kappa shape index (κ2) is 6.50. The van der Waals surface area contributed by atoms with Crippen molar-refractivity contribution in [1.82, 2.24) is 5.32 Å². The zero-order valence-electron chi connectivity index (χ0n) is 10.4. The van der Waals surface area contributed by atoms with Crippen LogP contribution in [0.4, 0.5) is 0 Å². The maximum Gasteiger partial charge on any atom is 0.255 e. The molecule has 1 unspecified atom stereocenters. The maximum absolute atomic E-state index is 12.0. The van der Waals surface area contributed by atoms with Crippen LogP contribution in [0.3, 0.4) is 0 Å². The molecule has 0 fully saturated rings. The van der Waals surface area contributed by atoms with Crippen LogP contribution in [-0.4, -0.2) is 25.4 Å². The lowest BCUT2D eigenvalue weighted by Crippen LogP contribution is -2.29. The van der Waals surface area contributed by atoms with Gasteiger partial charge in [-0.05, 0) is 25.0 Å². The highest BCUT2D eigenvalue weighted by atomic mass is 35.5. The first-order chi connectivity index (χ1) is 8.08. The van der Waals surface area contributed by atoms with Gasteiger partial charge in [0.05, 0.1) is 12.7 Å². The second-order valence-corrected chi connectivity index (χ2v) is 4.48. The van der Waals surface area contributed by atoms with Crippen LogP contribution >= 0.6 is 11.6 Å². The van der Waals surface area contributed by atoms with Gasteiger partial charge in [0.1, 0.15) is 5.75 Å². The quantitative estimate of drug-likeness (QED) is 0.822. The highest BCUT2D eigenvalue weighted by molar-refractivity contribution is 6.18. The Morgan fingerprint density at radius 3 is 2.82 bits per heavy atom. The van der Waals surface area contributed by atoms with Gasteiger partial charge in [0.2, 0.25) is 0 Å². The van der Waals surface area contributed by atoms with Gasteiger partial charge in [-0.2, -0.15) is 0 Å². The van der Waals surface area contributed by atoms with Gasteiger partial charge < -0.3 is 10.1 Å². The number of methoxy groups -OCH3 is 1. The Hall–Kier alpha value is -1.22. The molecule has 1 amide bonds. The lowest BCUT2D eigenvalue weighted by atomic mass is 10.1. The Bertz CT molecular complexity index is 393. The van der Waals surface area contributed by atoms with Gasteiger partial charge in [-0.15, -0.1) is 11.6 Å². The smallest absolute Gasteiger partial charge is 0.255 e. The summed E-state index contributed by atoms with van der Waals surface area (Å²) >= 11 is 5.69. The second-order valence-electron chi connectivity index (χ2n) is 4.17. The molecule has 0 radical (unpaired) electrons. The van der Waals surface area contributed by atoms with E-state index in [1.54, 1.807) is 13.2 Å². The van der Waals surface area contributed by atoms with E-state index in [-0.39, 0.29) is 11.8 Å². The largest absolute Gasteiger partial charge is 0.496 e. The van der Waals surface area contributed by atoms with Crippen LogP contribution in [0.1, 0.15) is 22.8 Å². The normalized spacial score (nSPS) is 12.0. The Balaban J connectivity index is 2.77. The fourth-order valence-electron chi connectivity index (χ4n) is 1.42. The van der Waals surface area contributed by atoms with E-state index in [4.69, 9.17) is 16.3 Å². The van der Waals surface area contributed by atoms with E-state index in [1.807, 2.05) is 26.0 Å². The zero-order valence-corrected chi connectivity index (χ0v) is 11.2. The summed E-state index contributed by atoms with van der Waals surface area (Å²) in [5.74, 6) is 1.26. The van der Waals surface area contributed by atoms with E-state index >= 15 is 0 Å². The summed E-state index contributed by atoms with van der Waals surface area (Å²) in [4.78, 5) is 12.0. The molecule has 1 N–H and O–H groups in total. The molecule has 0 aliphatic carbocycles. The summed E-state index contributed by atoms with van der Waals surface area (Å²) in [6.45, 7) is 4.50. The van der Waals surface area contributed by atoms with Crippen molar-refractivity contribution in [2.24, 2.45) is 5.92 Å².